The zero-order valence-electron chi connectivity index (χ0n) is 21.9. The molecule has 2 amide bonds. The summed E-state index contributed by atoms with van der Waals surface area (Å²) in [6.07, 6.45) is 5.59. The summed E-state index contributed by atoms with van der Waals surface area (Å²) in [6.45, 7) is 3.71. The minimum atomic E-state index is -0.493. The maximum atomic E-state index is 13.0. The largest absolute Gasteiger partial charge is 0.489 e. The molecule has 0 unspecified atom stereocenters. The molecule has 0 fully saturated rings. The van der Waals surface area contributed by atoms with Crippen LogP contribution >= 0.6 is 0 Å². The van der Waals surface area contributed by atoms with E-state index in [9.17, 15) is 14.4 Å². The fourth-order valence-electron chi connectivity index (χ4n) is 3.86. The number of pyridine rings is 2. The lowest BCUT2D eigenvalue weighted by molar-refractivity contribution is -0.107. The number of carbonyl (C=O) groups excluding carboxylic acids is 2. The SMILES string of the molecule is Cc1cc(=O)c(C(=O)N[C@H](C)COc2ccc(C#Cc3cccnc3)cc2N(C)C=O)cn1-c1ccccc1. The highest BCUT2D eigenvalue weighted by molar-refractivity contribution is 5.94. The fraction of sp³-hybridized carbons (Fsp3) is 0.161. The molecule has 0 spiro atoms. The molecule has 0 aliphatic carbocycles. The molecule has 39 heavy (non-hydrogen) atoms. The minimum Gasteiger partial charge on any atom is -0.489 e. The van der Waals surface area contributed by atoms with E-state index in [0.29, 0.717) is 23.4 Å². The van der Waals surface area contributed by atoms with Crippen LogP contribution < -0.4 is 20.4 Å². The van der Waals surface area contributed by atoms with Crippen LogP contribution in [-0.4, -0.2) is 41.6 Å². The van der Waals surface area contributed by atoms with Crippen LogP contribution in [0.5, 0.6) is 5.75 Å². The summed E-state index contributed by atoms with van der Waals surface area (Å²) in [7, 11) is 1.62. The maximum Gasteiger partial charge on any atom is 0.257 e. The Hall–Kier alpha value is -5.16. The molecule has 0 radical (unpaired) electrons. The lowest BCUT2D eigenvalue weighted by atomic mass is 10.1. The molecule has 0 saturated heterocycles. The van der Waals surface area contributed by atoms with E-state index in [1.54, 1.807) is 55.3 Å². The number of ether oxygens (including phenoxy) is 1. The van der Waals surface area contributed by atoms with Crippen molar-refractivity contribution in [2.45, 2.75) is 19.9 Å². The Morgan fingerprint density at radius 3 is 2.59 bits per heavy atom. The van der Waals surface area contributed by atoms with Gasteiger partial charge in [0.25, 0.3) is 5.91 Å². The quantitative estimate of drug-likeness (QED) is 0.282. The number of nitrogens with zero attached hydrogens (tertiary/aromatic N) is 3. The molecule has 4 aromatic rings. The van der Waals surface area contributed by atoms with Crippen molar-refractivity contribution >= 4 is 18.0 Å². The summed E-state index contributed by atoms with van der Waals surface area (Å²) in [5, 5.41) is 2.83. The van der Waals surface area contributed by atoms with Crippen LogP contribution in [0.15, 0.2) is 90.1 Å². The summed E-state index contributed by atoms with van der Waals surface area (Å²) in [4.78, 5) is 42.5. The van der Waals surface area contributed by atoms with Crippen molar-refractivity contribution in [3.05, 3.63) is 118 Å². The van der Waals surface area contributed by atoms with E-state index in [0.717, 1.165) is 16.9 Å². The van der Waals surface area contributed by atoms with E-state index in [2.05, 4.69) is 22.1 Å². The number of rotatable bonds is 8. The van der Waals surface area contributed by atoms with Gasteiger partial charge in [-0.1, -0.05) is 30.0 Å². The smallest absolute Gasteiger partial charge is 0.257 e. The first kappa shape index (κ1) is 26.9. The van der Waals surface area contributed by atoms with Gasteiger partial charge in [0.2, 0.25) is 6.41 Å². The molecule has 4 rings (SSSR count). The Balaban J connectivity index is 1.47. The van der Waals surface area contributed by atoms with Crippen molar-refractivity contribution < 1.29 is 14.3 Å². The molecule has 2 aromatic carbocycles. The Morgan fingerprint density at radius 1 is 1.10 bits per heavy atom. The number of hydrogen-bond acceptors (Lipinski definition) is 5. The van der Waals surface area contributed by atoms with Crippen molar-refractivity contribution in [1.82, 2.24) is 14.9 Å². The fourth-order valence-corrected chi connectivity index (χ4v) is 3.86. The topological polar surface area (TPSA) is 93.5 Å². The van der Waals surface area contributed by atoms with E-state index < -0.39 is 11.9 Å². The van der Waals surface area contributed by atoms with Gasteiger partial charge in [0.05, 0.1) is 11.7 Å². The minimum absolute atomic E-state index is 0.0363. The van der Waals surface area contributed by atoms with E-state index in [-0.39, 0.29) is 17.6 Å². The number of anilines is 1. The normalized spacial score (nSPS) is 11.1. The number of amides is 2. The van der Waals surface area contributed by atoms with Gasteiger partial charge < -0.3 is 19.5 Å². The molecule has 8 nitrogen and oxygen atoms in total. The summed E-state index contributed by atoms with van der Waals surface area (Å²) in [6, 6.07) is 19.5. The second-order valence-corrected chi connectivity index (χ2v) is 8.97. The molecule has 1 atom stereocenters. The third kappa shape index (κ3) is 6.79. The Labute approximate surface area is 226 Å². The first-order chi connectivity index (χ1) is 18.9. The molecule has 1 N–H and O–H groups in total. The Morgan fingerprint density at radius 2 is 1.87 bits per heavy atom. The van der Waals surface area contributed by atoms with E-state index in [1.807, 2.05) is 49.4 Å². The predicted octanol–water partition coefficient (Wildman–Crippen LogP) is 3.73. The molecule has 0 saturated carbocycles. The molecular formula is C31H28N4O4. The van der Waals surface area contributed by atoms with Crippen LogP contribution in [0, 0.1) is 18.8 Å². The van der Waals surface area contributed by atoms with Crippen molar-refractivity contribution in [1.29, 1.82) is 0 Å². The standard InChI is InChI=1S/C31H28N4O4/c1-22(33-31(38)27-19-35(23(2)16-29(27)37)26-9-5-4-6-10-26)20-39-30-14-13-24(17-28(30)34(3)21-36)11-12-25-8-7-15-32-18-25/h4-10,13-19,21-22H,20H2,1-3H3,(H,33,38)/t22-/m1/s1. The van der Waals surface area contributed by atoms with Gasteiger partial charge in [0.1, 0.15) is 17.9 Å². The summed E-state index contributed by atoms with van der Waals surface area (Å²) in [5.74, 6) is 6.07. The van der Waals surface area contributed by atoms with Crippen LogP contribution in [0.2, 0.25) is 0 Å². The van der Waals surface area contributed by atoms with Crippen LogP contribution in [-0.2, 0) is 4.79 Å². The Kier molecular flexibility index (Phi) is 8.54. The van der Waals surface area contributed by atoms with E-state index in [1.165, 1.54) is 11.0 Å². The second-order valence-electron chi connectivity index (χ2n) is 8.97. The first-order valence-corrected chi connectivity index (χ1v) is 12.3. The third-order valence-electron chi connectivity index (χ3n) is 5.90. The number of para-hydroxylation sites is 1. The predicted molar refractivity (Wildman–Crippen MR) is 150 cm³/mol. The summed E-state index contributed by atoms with van der Waals surface area (Å²) < 4.78 is 7.77. The lowest BCUT2D eigenvalue weighted by Crippen LogP contribution is -2.39. The number of aryl methyl sites for hydroxylation is 1. The van der Waals surface area contributed by atoms with E-state index in [4.69, 9.17) is 4.74 Å². The van der Waals surface area contributed by atoms with Crippen LogP contribution in [0.4, 0.5) is 5.69 Å². The molecule has 2 aromatic heterocycles. The average Bonchev–Trinajstić information content (AvgIpc) is 2.95. The van der Waals surface area contributed by atoms with Gasteiger partial charge in [-0.15, -0.1) is 0 Å². The maximum absolute atomic E-state index is 13.0. The lowest BCUT2D eigenvalue weighted by Gasteiger charge is -2.20. The third-order valence-corrected chi connectivity index (χ3v) is 5.90. The van der Waals surface area contributed by atoms with E-state index >= 15 is 0 Å². The van der Waals surface area contributed by atoms with Crippen molar-refractivity contribution in [2.24, 2.45) is 0 Å². The average molecular weight is 521 g/mol. The molecule has 0 bridgehead atoms. The van der Waals surface area contributed by atoms with Crippen LogP contribution in [0.1, 0.15) is 34.1 Å². The van der Waals surface area contributed by atoms with Crippen LogP contribution in [0.25, 0.3) is 5.69 Å². The van der Waals surface area contributed by atoms with Crippen molar-refractivity contribution in [2.75, 3.05) is 18.6 Å². The van der Waals surface area contributed by atoms with Crippen LogP contribution in [0.3, 0.4) is 0 Å². The number of carbonyl (C=O) groups is 2. The highest BCUT2D eigenvalue weighted by atomic mass is 16.5. The number of aromatic nitrogens is 2. The highest BCUT2D eigenvalue weighted by Crippen LogP contribution is 2.28. The first-order valence-electron chi connectivity index (χ1n) is 12.3. The monoisotopic (exact) mass is 520 g/mol. The van der Waals surface area contributed by atoms with Gasteiger partial charge in [0.15, 0.2) is 5.43 Å². The van der Waals surface area contributed by atoms with Crippen molar-refractivity contribution in [3.8, 4) is 23.3 Å². The molecule has 2 heterocycles. The number of hydrogen-bond donors (Lipinski definition) is 1. The van der Waals surface area contributed by atoms with Gasteiger partial charge in [0, 0.05) is 54.2 Å². The van der Waals surface area contributed by atoms with Gasteiger partial charge in [-0.3, -0.25) is 19.4 Å². The zero-order valence-corrected chi connectivity index (χ0v) is 21.9. The number of benzene rings is 2. The highest BCUT2D eigenvalue weighted by Gasteiger charge is 2.17. The second kappa shape index (κ2) is 12.4. The van der Waals surface area contributed by atoms with Gasteiger partial charge in [-0.2, -0.15) is 0 Å². The van der Waals surface area contributed by atoms with Crippen molar-refractivity contribution in [3.63, 3.8) is 0 Å². The molecule has 0 aliphatic heterocycles. The molecule has 0 aliphatic rings. The molecular weight excluding hydrogens is 492 g/mol. The zero-order chi connectivity index (χ0) is 27.8. The van der Waals surface area contributed by atoms with Gasteiger partial charge in [-0.05, 0) is 56.3 Å². The summed E-state index contributed by atoms with van der Waals surface area (Å²) >= 11 is 0. The molecule has 196 valence electrons. The summed E-state index contributed by atoms with van der Waals surface area (Å²) in [5.41, 5.74) is 3.26. The van der Waals surface area contributed by atoms with Gasteiger partial charge >= 0.3 is 0 Å². The molecule has 8 heteroatoms. The van der Waals surface area contributed by atoms with Gasteiger partial charge in [-0.25, -0.2) is 0 Å². The number of nitrogens with one attached hydrogen (secondary N) is 1. The Bertz CT molecular complexity index is 1590.